The zero-order chi connectivity index (χ0) is 15.2. The van der Waals surface area contributed by atoms with Crippen molar-refractivity contribution in [3.05, 3.63) is 71.5 Å². The number of aliphatic hydroxyl groups excluding tert-OH is 1. The van der Waals surface area contributed by atoms with Crippen LogP contribution in [0.2, 0.25) is 0 Å². The summed E-state index contributed by atoms with van der Waals surface area (Å²) < 4.78 is 12.8. The first-order valence-electron chi connectivity index (χ1n) is 6.85. The number of benzene rings is 2. The minimum absolute atomic E-state index is 0.172. The Balaban J connectivity index is 1.91. The Morgan fingerprint density at radius 2 is 1.76 bits per heavy atom. The summed E-state index contributed by atoms with van der Waals surface area (Å²) in [4.78, 5) is 12.0. The number of halogens is 1. The summed E-state index contributed by atoms with van der Waals surface area (Å²) in [6.45, 7) is 1.83. The van der Waals surface area contributed by atoms with Gasteiger partial charge < -0.3 is 10.4 Å². The maximum Gasteiger partial charge on any atom is 0.251 e. The summed E-state index contributed by atoms with van der Waals surface area (Å²) in [5, 5.41) is 12.9. The molecule has 2 aromatic carbocycles. The van der Waals surface area contributed by atoms with Gasteiger partial charge in [0.1, 0.15) is 5.82 Å². The molecular weight excluding hydrogens is 269 g/mol. The molecule has 0 saturated heterocycles. The smallest absolute Gasteiger partial charge is 0.251 e. The Bertz CT molecular complexity index is 583. The molecule has 0 radical (unpaired) electrons. The second-order valence-electron chi connectivity index (χ2n) is 5.04. The molecule has 2 unspecified atom stereocenters. The van der Waals surface area contributed by atoms with Crippen LogP contribution in [-0.4, -0.2) is 17.1 Å². The maximum absolute atomic E-state index is 12.8. The molecule has 2 rings (SSSR count). The van der Waals surface area contributed by atoms with Crippen LogP contribution in [0.15, 0.2) is 54.6 Å². The summed E-state index contributed by atoms with van der Waals surface area (Å²) in [7, 11) is 0. The maximum atomic E-state index is 12.8. The molecule has 2 N–H and O–H groups in total. The van der Waals surface area contributed by atoms with Crippen LogP contribution in [0, 0.1) is 5.82 Å². The quantitative estimate of drug-likeness (QED) is 0.888. The van der Waals surface area contributed by atoms with Crippen molar-refractivity contribution in [1.29, 1.82) is 0 Å². The number of rotatable bonds is 5. The summed E-state index contributed by atoms with van der Waals surface area (Å²) in [6.07, 6.45) is -0.374. The molecule has 2 atom stereocenters. The van der Waals surface area contributed by atoms with Crippen LogP contribution in [0.1, 0.15) is 35.4 Å². The number of amides is 1. The fourth-order valence-electron chi connectivity index (χ4n) is 2.11. The van der Waals surface area contributed by atoms with E-state index >= 15 is 0 Å². The van der Waals surface area contributed by atoms with Crippen molar-refractivity contribution >= 4 is 5.91 Å². The lowest BCUT2D eigenvalue weighted by atomic mass is 10.0. The summed E-state index contributed by atoms with van der Waals surface area (Å²) >= 11 is 0. The molecule has 0 aliphatic carbocycles. The van der Waals surface area contributed by atoms with Gasteiger partial charge in [-0.25, -0.2) is 4.39 Å². The van der Waals surface area contributed by atoms with Crippen LogP contribution >= 0.6 is 0 Å². The molecule has 3 nitrogen and oxygen atoms in total. The topological polar surface area (TPSA) is 49.3 Å². The van der Waals surface area contributed by atoms with E-state index in [-0.39, 0.29) is 17.8 Å². The van der Waals surface area contributed by atoms with Gasteiger partial charge in [-0.2, -0.15) is 0 Å². The van der Waals surface area contributed by atoms with E-state index in [0.717, 1.165) is 0 Å². The molecule has 1 amide bonds. The molecule has 2 aromatic rings. The van der Waals surface area contributed by atoms with E-state index in [1.54, 1.807) is 36.4 Å². The first-order chi connectivity index (χ1) is 10.1. The van der Waals surface area contributed by atoms with Crippen molar-refractivity contribution in [2.45, 2.75) is 25.5 Å². The second-order valence-corrected chi connectivity index (χ2v) is 5.04. The van der Waals surface area contributed by atoms with Crippen LogP contribution in [0.25, 0.3) is 0 Å². The van der Waals surface area contributed by atoms with Crippen molar-refractivity contribution in [3.63, 3.8) is 0 Å². The lowest BCUT2D eigenvalue weighted by Crippen LogP contribution is -2.33. The Morgan fingerprint density at radius 1 is 1.14 bits per heavy atom. The Labute approximate surface area is 123 Å². The predicted octanol–water partition coefficient (Wildman–Crippen LogP) is 3.07. The first kappa shape index (κ1) is 15.2. The molecule has 0 aliphatic rings. The van der Waals surface area contributed by atoms with Gasteiger partial charge in [-0.05, 0) is 43.2 Å². The van der Waals surface area contributed by atoms with Crippen molar-refractivity contribution in [1.82, 2.24) is 5.32 Å². The number of aliphatic hydroxyl groups is 1. The zero-order valence-electron chi connectivity index (χ0n) is 11.8. The molecule has 0 aromatic heterocycles. The number of carbonyl (C=O) groups is 1. The molecule has 0 bridgehead atoms. The lowest BCUT2D eigenvalue weighted by Gasteiger charge is -2.18. The van der Waals surface area contributed by atoms with Gasteiger partial charge in [0.05, 0.1) is 6.10 Å². The summed E-state index contributed by atoms with van der Waals surface area (Å²) in [6, 6.07) is 14.4. The fraction of sp³-hybridized carbons (Fsp3) is 0.235. The van der Waals surface area contributed by atoms with Crippen LogP contribution in [-0.2, 0) is 0 Å². The van der Waals surface area contributed by atoms with E-state index in [0.29, 0.717) is 17.5 Å². The van der Waals surface area contributed by atoms with Gasteiger partial charge in [-0.1, -0.05) is 30.3 Å². The molecule has 0 spiro atoms. The third-order valence-electron chi connectivity index (χ3n) is 3.25. The molecule has 0 aliphatic heterocycles. The predicted molar refractivity (Wildman–Crippen MR) is 79.3 cm³/mol. The SMILES string of the molecule is CC(CC(O)c1ccc(F)cc1)NC(=O)c1ccccc1. The molecule has 0 heterocycles. The third-order valence-corrected chi connectivity index (χ3v) is 3.25. The minimum Gasteiger partial charge on any atom is -0.388 e. The Kier molecular flexibility index (Phi) is 5.06. The normalized spacial score (nSPS) is 13.5. The van der Waals surface area contributed by atoms with Crippen molar-refractivity contribution in [2.75, 3.05) is 0 Å². The molecule has 0 saturated carbocycles. The molecular formula is C17H18FNO2. The van der Waals surface area contributed by atoms with Gasteiger partial charge in [0, 0.05) is 11.6 Å². The largest absolute Gasteiger partial charge is 0.388 e. The minimum atomic E-state index is -0.739. The van der Waals surface area contributed by atoms with Crippen molar-refractivity contribution in [2.24, 2.45) is 0 Å². The lowest BCUT2D eigenvalue weighted by molar-refractivity contribution is 0.0917. The monoisotopic (exact) mass is 287 g/mol. The van der Waals surface area contributed by atoms with E-state index in [1.165, 1.54) is 12.1 Å². The van der Waals surface area contributed by atoms with Gasteiger partial charge in [-0.15, -0.1) is 0 Å². The molecule has 110 valence electrons. The standard InChI is InChI=1S/C17H18FNO2/c1-12(19-17(21)14-5-3-2-4-6-14)11-16(20)13-7-9-15(18)10-8-13/h2-10,12,16,20H,11H2,1H3,(H,19,21). The summed E-state index contributed by atoms with van der Waals surface area (Å²) in [5.74, 6) is -0.509. The van der Waals surface area contributed by atoms with Gasteiger partial charge in [0.25, 0.3) is 5.91 Å². The highest BCUT2D eigenvalue weighted by Crippen LogP contribution is 2.18. The summed E-state index contributed by atoms with van der Waals surface area (Å²) in [5.41, 5.74) is 1.22. The van der Waals surface area contributed by atoms with E-state index in [2.05, 4.69) is 5.32 Å². The highest BCUT2D eigenvalue weighted by atomic mass is 19.1. The van der Waals surface area contributed by atoms with Crippen LogP contribution < -0.4 is 5.32 Å². The van der Waals surface area contributed by atoms with E-state index in [4.69, 9.17) is 0 Å². The van der Waals surface area contributed by atoms with Crippen LogP contribution in [0.3, 0.4) is 0 Å². The average Bonchev–Trinajstić information content (AvgIpc) is 2.48. The Hall–Kier alpha value is -2.20. The second kappa shape index (κ2) is 6.99. The van der Waals surface area contributed by atoms with Crippen molar-refractivity contribution < 1.29 is 14.3 Å². The first-order valence-corrected chi connectivity index (χ1v) is 6.85. The van der Waals surface area contributed by atoms with E-state index in [9.17, 15) is 14.3 Å². The third kappa shape index (κ3) is 4.39. The van der Waals surface area contributed by atoms with Crippen LogP contribution in [0.4, 0.5) is 4.39 Å². The van der Waals surface area contributed by atoms with E-state index < -0.39 is 6.10 Å². The van der Waals surface area contributed by atoms with Gasteiger partial charge >= 0.3 is 0 Å². The highest BCUT2D eigenvalue weighted by Gasteiger charge is 2.15. The number of hydrogen-bond acceptors (Lipinski definition) is 2. The fourth-order valence-corrected chi connectivity index (χ4v) is 2.11. The van der Waals surface area contributed by atoms with Gasteiger partial charge in [-0.3, -0.25) is 4.79 Å². The molecule has 0 fully saturated rings. The number of carbonyl (C=O) groups excluding carboxylic acids is 1. The van der Waals surface area contributed by atoms with Gasteiger partial charge in [0.2, 0.25) is 0 Å². The van der Waals surface area contributed by atoms with Crippen molar-refractivity contribution in [3.8, 4) is 0 Å². The molecule has 21 heavy (non-hydrogen) atoms. The number of nitrogens with one attached hydrogen (secondary N) is 1. The van der Waals surface area contributed by atoms with Crippen LogP contribution in [0.5, 0.6) is 0 Å². The zero-order valence-corrected chi connectivity index (χ0v) is 11.8. The Morgan fingerprint density at radius 3 is 2.38 bits per heavy atom. The number of hydrogen-bond donors (Lipinski definition) is 2. The van der Waals surface area contributed by atoms with Gasteiger partial charge in [0.15, 0.2) is 0 Å². The average molecular weight is 287 g/mol. The molecule has 4 heteroatoms. The highest BCUT2D eigenvalue weighted by molar-refractivity contribution is 5.94. The van der Waals surface area contributed by atoms with E-state index in [1.807, 2.05) is 13.0 Å².